The van der Waals surface area contributed by atoms with Gasteiger partial charge in [0.05, 0.1) is 6.10 Å². The number of hydrogen-bond acceptors (Lipinski definition) is 2. The summed E-state index contributed by atoms with van der Waals surface area (Å²) in [5.41, 5.74) is 0.332. The number of aliphatic carboxylic acids is 1. The van der Waals surface area contributed by atoms with Gasteiger partial charge in [-0.25, -0.2) is 4.79 Å². The van der Waals surface area contributed by atoms with Crippen LogP contribution < -0.4 is 0 Å². The third kappa shape index (κ3) is 4.91. The molecule has 3 nitrogen and oxygen atoms in total. The van der Waals surface area contributed by atoms with Crippen LogP contribution in [0, 0.1) is 0 Å². The highest BCUT2D eigenvalue weighted by atomic mass is 16.5. The molecule has 0 amide bonds. The van der Waals surface area contributed by atoms with Crippen LogP contribution in [0.2, 0.25) is 0 Å². The predicted molar refractivity (Wildman–Crippen MR) is 47.1 cm³/mol. The van der Waals surface area contributed by atoms with Gasteiger partial charge in [0.2, 0.25) is 0 Å². The number of hydrogen-bond donors (Lipinski definition) is 1. The first-order chi connectivity index (χ1) is 5.57. The van der Waals surface area contributed by atoms with Gasteiger partial charge in [-0.1, -0.05) is 6.92 Å². The number of carboxylic acid groups (broad SMARTS) is 1. The minimum absolute atomic E-state index is 0.110. The Hall–Kier alpha value is -0.830. The molecule has 1 N–H and O–H groups in total. The molecule has 12 heavy (non-hydrogen) atoms. The second kappa shape index (κ2) is 5.77. The number of carbonyl (C=O) groups is 1. The second-order valence-electron chi connectivity index (χ2n) is 2.73. The third-order valence-corrected chi connectivity index (χ3v) is 1.41. The molecule has 1 atom stereocenters. The highest BCUT2D eigenvalue weighted by Crippen LogP contribution is 2.00. The van der Waals surface area contributed by atoms with Crippen molar-refractivity contribution >= 4 is 5.97 Å². The van der Waals surface area contributed by atoms with E-state index in [1.807, 2.05) is 13.8 Å². The minimum atomic E-state index is -0.887. The van der Waals surface area contributed by atoms with Gasteiger partial charge >= 0.3 is 5.97 Å². The molecule has 0 spiro atoms. The normalized spacial score (nSPS) is 14.4. The molecule has 0 aliphatic carbocycles. The van der Waals surface area contributed by atoms with Crippen molar-refractivity contribution in [2.24, 2.45) is 0 Å². The van der Waals surface area contributed by atoms with Crippen molar-refractivity contribution in [3.63, 3.8) is 0 Å². The van der Waals surface area contributed by atoms with E-state index in [1.54, 1.807) is 13.0 Å². The summed E-state index contributed by atoms with van der Waals surface area (Å²) in [4.78, 5) is 10.4. The molecular weight excluding hydrogens is 156 g/mol. The predicted octanol–water partition coefficient (Wildman–Crippen LogP) is 1.83. The molecule has 0 aromatic heterocycles. The average Bonchev–Trinajstić information content (AvgIpc) is 2.00. The Morgan fingerprint density at radius 1 is 1.67 bits per heavy atom. The zero-order chi connectivity index (χ0) is 9.56. The summed E-state index contributed by atoms with van der Waals surface area (Å²) in [5, 5.41) is 8.53. The first kappa shape index (κ1) is 11.2. The van der Waals surface area contributed by atoms with Gasteiger partial charge in [-0.2, -0.15) is 0 Å². The van der Waals surface area contributed by atoms with E-state index in [1.165, 1.54) is 0 Å². The van der Waals surface area contributed by atoms with Crippen LogP contribution in [0.4, 0.5) is 0 Å². The summed E-state index contributed by atoms with van der Waals surface area (Å²) in [5.74, 6) is -0.887. The van der Waals surface area contributed by atoms with Crippen molar-refractivity contribution in [1.29, 1.82) is 0 Å². The molecule has 0 fully saturated rings. The molecule has 70 valence electrons. The Labute approximate surface area is 73.0 Å². The fourth-order valence-corrected chi connectivity index (χ4v) is 0.775. The molecule has 0 aliphatic rings. The van der Waals surface area contributed by atoms with E-state index in [-0.39, 0.29) is 6.10 Å². The maximum absolute atomic E-state index is 10.4. The average molecular weight is 172 g/mol. The van der Waals surface area contributed by atoms with Gasteiger partial charge in [0, 0.05) is 12.2 Å². The number of carboxylic acids is 1. The molecule has 0 radical (unpaired) electrons. The van der Waals surface area contributed by atoms with Crippen LogP contribution in [0.25, 0.3) is 0 Å². The lowest BCUT2D eigenvalue weighted by Gasteiger charge is -2.07. The molecule has 0 rings (SSSR count). The van der Waals surface area contributed by atoms with E-state index in [9.17, 15) is 4.79 Å². The molecule has 0 saturated heterocycles. The minimum Gasteiger partial charge on any atom is -0.478 e. The Balaban J connectivity index is 3.87. The summed E-state index contributed by atoms with van der Waals surface area (Å²) in [7, 11) is 0. The van der Waals surface area contributed by atoms with Crippen LogP contribution in [0.5, 0.6) is 0 Å². The maximum Gasteiger partial charge on any atom is 0.331 e. The van der Waals surface area contributed by atoms with Gasteiger partial charge < -0.3 is 9.84 Å². The Morgan fingerprint density at radius 3 is 2.67 bits per heavy atom. The fourth-order valence-electron chi connectivity index (χ4n) is 0.775. The zero-order valence-corrected chi connectivity index (χ0v) is 7.83. The van der Waals surface area contributed by atoms with Crippen molar-refractivity contribution in [1.82, 2.24) is 0 Å². The van der Waals surface area contributed by atoms with E-state index < -0.39 is 5.97 Å². The van der Waals surface area contributed by atoms with Crippen molar-refractivity contribution < 1.29 is 14.6 Å². The summed E-state index contributed by atoms with van der Waals surface area (Å²) < 4.78 is 5.27. The SMILES string of the molecule is CCCOC(C)C=C(C)C(=O)O. The number of rotatable bonds is 5. The maximum atomic E-state index is 10.4. The molecule has 0 heterocycles. The molecular formula is C9H16O3. The van der Waals surface area contributed by atoms with E-state index in [0.29, 0.717) is 12.2 Å². The van der Waals surface area contributed by atoms with Crippen LogP contribution in [-0.4, -0.2) is 23.8 Å². The Kier molecular flexibility index (Phi) is 5.37. The lowest BCUT2D eigenvalue weighted by Crippen LogP contribution is -2.08. The van der Waals surface area contributed by atoms with Crippen LogP contribution in [-0.2, 0) is 9.53 Å². The largest absolute Gasteiger partial charge is 0.478 e. The molecule has 0 aliphatic heterocycles. The Bertz CT molecular complexity index is 173. The van der Waals surface area contributed by atoms with Crippen LogP contribution >= 0.6 is 0 Å². The molecule has 3 heteroatoms. The highest BCUT2D eigenvalue weighted by molar-refractivity contribution is 5.85. The zero-order valence-electron chi connectivity index (χ0n) is 7.83. The second-order valence-corrected chi connectivity index (χ2v) is 2.73. The molecule has 1 unspecified atom stereocenters. The van der Waals surface area contributed by atoms with Gasteiger partial charge in [-0.05, 0) is 26.3 Å². The standard InChI is InChI=1S/C9H16O3/c1-4-5-12-8(3)6-7(2)9(10)11/h6,8H,4-5H2,1-3H3,(H,10,11). The van der Waals surface area contributed by atoms with Gasteiger partial charge in [0.25, 0.3) is 0 Å². The topological polar surface area (TPSA) is 46.5 Å². The molecule has 0 aromatic carbocycles. The van der Waals surface area contributed by atoms with E-state index >= 15 is 0 Å². The summed E-state index contributed by atoms with van der Waals surface area (Å²) in [6.45, 7) is 6.08. The summed E-state index contributed by atoms with van der Waals surface area (Å²) >= 11 is 0. The van der Waals surface area contributed by atoms with Crippen LogP contribution in [0.3, 0.4) is 0 Å². The lowest BCUT2D eigenvalue weighted by atomic mass is 10.2. The van der Waals surface area contributed by atoms with Crippen molar-refractivity contribution in [2.45, 2.75) is 33.3 Å². The highest BCUT2D eigenvalue weighted by Gasteiger charge is 2.03. The van der Waals surface area contributed by atoms with Gasteiger partial charge in [-0.15, -0.1) is 0 Å². The van der Waals surface area contributed by atoms with Gasteiger partial charge in [0.15, 0.2) is 0 Å². The quantitative estimate of drug-likeness (QED) is 0.643. The molecule has 0 bridgehead atoms. The summed E-state index contributed by atoms with van der Waals surface area (Å²) in [6, 6.07) is 0. The Morgan fingerprint density at radius 2 is 2.25 bits per heavy atom. The van der Waals surface area contributed by atoms with Gasteiger partial charge in [0.1, 0.15) is 0 Å². The molecule has 0 saturated carbocycles. The van der Waals surface area contributed by atoms with Gasteiger partial charge in [-0.3, -0.25) is 0 Å². The summed E-state index contributed by atoms with van der Waals surface area (Å²) in [6.07, 6.45) is 2.45. The molecule has 0 aromatic rings. The number of ether oxygens (including phenoxy) is 1. The van der Waals surface area contributed by atoms with E-state index in [4.69, 9.17) is 9.84 Å². The van der Waals surface area contributed by atoms with Crippen molar-refractivity contribution in [2.75, 3.05) is 6.61 Å². The lowest BCUT2D eigenvalue weighted by molar-refractivity contribution is -0.132. The first-order valence-corrected chi connectivity index (χ1v) is 4.11. The van der Waals surface area contributed by atoms with Crippen LogP contribution in [0.1, 0.15) is 27.2 Å². The fraction of sp³-hybridized carbons (Fsp3) is 0.667. The van der Waals surface area contributed by atoms with E-state index in [2.05, 4.69) is 0 Å². The van der Waals surface area contributed by atoms with E-state index in [0.717, 1.165) is 6.42 Å². The van der Waals surface area contributed by atoms with Crippen molar-refractivity contribution in [3.05, 3.63) is 11.6 Å². The van der Waals surface area contributed by atoms with Crippen molar-refractivity contribution in [3.8, 4) is 0 Å². The monoisotopic (exact) mass is 172 g/mol. The van der Waals surface area contributed by atoms with Crippen LogP contribution in [0.15, 0.2) is 11.6 Å². The smallest absolute Gasteiger partial charge is 0.331 e. The first-order valence-electron chi connectivity index (χ1n) is 4.11. The third-order valence-electron chi connectivity index (χ3n) is 1.41.